The second-order valence-electron chi connectivity index (χ2n) is 14.6. The standard InChI is InChI=1S/C37H47ClN6O4/c1-4-44(5-2)34(47)42-29(28(35(3)15-16-35)24-9-6-7-10-25(24)38)31-40-26-12-11-23(21-27(26)41-31)37(17-19-48-20-18-37)33(46)43-30-32(45)39-22-36(30)13-8-14-36/h6-7,9-12,21,28-30H,4-5,8,13-20,22H2,1-3H3,(H,39,45)(H,40,41)(H,42,47)(H,43,46)/t28-,29-,30-/m0/s1. The number of ether oxygens (including phenoxy) is 1. The molecule has 1 spiro atoms. The summed E-state index contributed by atoms with van der Waals surface area (Å²) in [6.45, 7) is 8.91. The molecule has 7 rings (SSSR count). The van der Waals surface area contributed by atoms with Gasteiger partial charge in [-0.15, -0.1) is 0 Å². The van der Waals surface area contributed by atoms with Crippen LogP contribution in [0, 0.1) is 10.8 Å². The molecule has 11 heteroatoms. The van der Waals surface area contributed by atoms with Gasteiger partial charge in [-0.2, -0.15) is 0 Å². The van der Waals surface area contributed by atoms with Crippen LogP contribution in [0.4, 0.5) is 4.79 Å². The van der Waals surface area contributed by atoms with E-state index >= 15 is 0 Å². The summed E-state index contributed by atoms with van der Waals surface area (Å²) in [7, 11) is 0. The summed E-state index contributed by atoms with van der Waals surface area (Å²) in [5, 5.41) is 10.2. The van der Waals surface area contributed by atoms with Gasteiger partial charge in [0, 0.05) is 49.2 Å². The zero-order chi connectivity index (χ0) is 33.7. The largest absolute Gasteiger partial charge is 0.381 e. The van der Waals surface area contributed by atoms with Crippen LogP contribution < -0.4 is 16.0 Å². The molecule has 1 aromatic heterocycles. The highest BCUT2D eigenvalue weighted by Crippen LogP contribution is 2.60. The van der Waals surface area contributed by atoms with Gasteiger partial charge in [0.05, 0.1) is 22.5 Å². The third-order valence-electron chi connectivity index (χ3n) is 11.9. The molecule has 3 heterocycles. The number of fused-ring (bicyclic) bond motifs is 1. The third-order valence-corrected chi connectivity index (χ3v) is 12.3. The van der Waals surface area contributed by atoms with E-state index in [0.29, 0.717) is 56.5 Å². The Kier molecular flexibility index (Phi) is 8.69. The summed E-state index contributed by atoms with van der Waals surface area (Å²) in [6.07, 6.45) is 6.03. The zero-order valence-corrected chi connectivity index (χ0v) is 28.9. The Morgan fingerprint density at radius 2 is 1.79 bits per heavy atom. The molecule has 0 unspecified atom stereocenters. The molecule has 4 fully saturated rings. The first-order valence-electron chi connectivity index (χ1n) is 17.6. The molecule has 4 amide bonds. The Bertz CT molecular complexity index is 1700. The SMILES string of the molecule is CCN(CC)C(=O)N[C@H](c1nc2ccc(C3(C(=O)N[C@H]4C(=O)NCC45CCC5)CCOCC3)cc2[nH]1)[C@H](c1ccccc1Cl)C1(C)CC1. The lowest BCUT2D eigenvalue weighted by atomic mass is 9.65. The number of hydrogen-bond donors (Lipinski definition) is 4. The summed E-state index contributed by atoms with van der Waals surface area (Å²) in [5.41, 5.74) is 2.31. The van der Waals surface area contributed by atoms with Crippen LogP contribution in [-0.2, 0) is 19.7 Å². The molecular formula is C37H47ClN6O4. The van der Waals surface area contributed by atoms with E-state index in [9.17, 15) is 14.4 Å². The number of aromatic amines is 1. The van der Waals surface area contributed by atoms with Crippen LogP contribution >= 0.6 is 11.6 Å². The molecule has 48 heavy (non-hydrogen) atoms. The lowest BCUT2D eigenvalue weighted by Gasteiger charge is -2.43. The van der Waals surface area contributed by atoms with E-state index in [0.717, 1.165) is 54.3 Å². The zero-order valence-electron chi connectivity index (χ0n) is 28.2. The van der Waals surface area contributed by atoms with Crippen molar-refractivity contribution in [3.05, 3.63) is 64.4 Å². The van der Waals surface area contributed by atoms with E-state index in [1.807, 2.05) is 50.2 Å². The van der Waals surface area contributed by atoms with Crippen molar-refractivity contribution in [2.45, 2.75) is 89.1 Å². The molecule has 3 atom stereocenters. The van der Waals surface area contributed by atoms with Gasteiger partial charge < -0.3 is 30.6 Å². The molecule has 2 aliphatic carbocycles. The summed E-state index contributed by atoms with van der Waals surface area (Å²) < 4.78 is 5.74. The second kappa shape index (κ2) is 12.7. The number of carbonyl (C=O) groups is 3. The quantitative estimate of drug-likeness (QED) is 0.219. The molecular weight excluding hydrogens is 628 g/mol. The smallest absolute Gasteiger partial charge is 0.317 e. The van der Waals surface area contributed by atoms with Gasteiger partial charge >= 0.3 is 6.03 Å². The lowest BCUT2D eigenvalue weighted by Crippen LogP contribution is -2.57. The predicted molar refractivity (Wildman–Crippen MR) is 185 cm³/mol. The number of imidazole rings is 1. The lowest BCUT2D eigenvalue weighted by molar-refractivity contribution is -0.136. The Balaban J connectivity index is 1.26. The van der Waals surface area contributed by atoms with E-state index < -0.39 is 17.5 Å². The fraction of sp³-hybridized carbons (Fsp3) is 0.568. The highest BCUT2D eigenvalue weighted by Gasteiger charge is 2.55. The van der Waals surface area contributed by atoms with Crippen LogP contribution in [0.3, 0.4) is 0 Å². The first-order valence-corrected chi connectivity index (χ1v) is 18.0. The molecule has 256 valence electrons. The second-order valence-corrected chi connectivity index (χ2v) is 15.0. The number of carbonyl (C=O) groups excluding carboxylic acids is 3. The van der Waals surface area contributed by atoms with E-state index in [1.54, 1.807) is 4.90 Å². The molecule has 2 aromatic carbocycles. The highest BCUT2D eigenvalue weighted by atomic mass is 35.5. The number of rotatable bonds is 10. The minimum absolute atomic E-state index is 0.0646. The first-order chi connectivity index (χ1) is 23.1. The van der Waals surface area contributed by atoms with Gasteiger partial charge in [-0.3, -0.25) is 9.59 Å². The average molecular weight is 675 g/mol. The van der Waals surface area contributed by atoms with Crippen molar-refractivity contribution < 1.29 is 19.1 Å². The molecule has 4 aliphatic rings. The average Bonchev–Trinajstić information content (AvgIpc) is 3.51. The fourth-order valence-electron chi connectivity index (χ4n) is 8.41. The summed E-state index contributed by atoms with van der Waals surface area (Å²) in [6, 6.07) is 12.7. The van der Waals surface area contributed by atoms with Crippen LogP contribution in [0.25, 0.3) is 11.0 Å². The van der Waals surface area contributed by atoms with Crippen molar-refractivity contribution in [2.75, 3.05) is 32.8 Å². The minimum atomic E-state index is -0.844. The Hall–Kier alpha value is -3.63. The molecule has 4 N–H and O–H groups in total. The fourth-order valence-corrected chi connectivity index (χ4v) is 8.66. The molecule has 10 nitrogen and oxygen atoms in total. The van der Waals surface area contributed by atoms with Crippen molar-refractivity contribution in [1.29, 1.82) is 0 Å². The van der Waals surface area contributed by atoms with Crippen molar-refractivity contribution in [3.8, 4) is 0 Å². The normalized spacial score (nSPS) is 23.2. The Labute approximate surface area is 287 Å². The third kappa shape index (κ3) is 5.64. The van der Waals surface area contributed by atoms with Crippen molar-refractivity contribution in [2.24, 2.45) is 10.8 Å². The van der Waals surface area contributed by atoms with Crippen LogP contribution in [0.1, 0.15) is 94.6 Å². The van der Waals surface area contributed by atoms with E-state index in [1.165, 1.54) is 0 Å². The first kappa shape index (κ1) is 32.9. The van der Waals surface area contributed by atoms with Gasteiger partial charge in [0.15, 0.2) is 0 Å². The van der Waals surface area contributed by atoms with E-state index in [-0.39, 0.29) is 34.6 Å². The maximum Gasteiger partial charge on any atom is 0.317 e. The minimum Gasteiger partial charge on any atom is -0.381 e. The molecule has 0 radical (unpaired) electrons. The van der Waals surface area contributed by atoms with Gasteiger partial charge in [-0.1, -0.05) is 49.2 Å². The van der Waals surface area contributed by atoms with Gasteiger partial charge in [0.1, 0.15) is 11.9 Å². The van der Waals surface area contributed by atoms with Crippen molar-refractivity contribution >= 4 is 40.5 Å². The molecule has 2 saturated carbocycles. The monoisotopic (exact) mass is 674 g/mol. The maximum absolute atomic E-state index is 14.3. The summed E-state index contributed by atoms with van der Waals surface area (Å²) in [4.78, 5) is 51.3. The highest BCUT2D eigenvalue weighted by molar-refractivity contribution is 6.31. The summed E-state index contributed by atoms with van der Waals surface area (Å²) >= 11 is 6.84. The van der Waals surface area contributed by atoms with Crippen molar-refractivity contribution in [3.63, 3.8) is 0 Å². The maximum atomic E-state index is 14.3. The molecule has 3 aromatic rings. The van der Waals surface area contributed by atoms with Crippen LogP contribution in [0.2, 0.25) is 5.02 Å². The number of aromatic nitrogens is 2. The van der Waals surface area contributed by atoms with Gasteiger partial charge in [-0.25, -0.2) is 9.78 Å². The number of benzene rings is 2. The Morgan fingerprint density at radius 1 is 1.06 bits per heavy atom. The van der Waals surface area contributed by atoms with E-state index in [4.69, 9.17) is 21.3 Å². The number of amides is 4. The number of nitrogens with zero attached hydrogens (tertiary/aromatic N) is 2. The van der Waals surface area contributed by atoms with Crippen LogP contribution in [-0.4, -0.2) is 71.6 Å². The predicted octanol–water partition coefficient (Wildman–Crippen LogP) is 5.73. The molecule has 2 saturated heterocycles. The number of H-pyrrole nitrogens is 1. The molecule has 0 bridgehead atoms. The van der Waals surface area contributed by atoms with E-state index in [2.05, 4.69) is 33.9 Å². The Morgan fingerprint density at radius 3 is 2.44 bits per heavy atom. The van der Waals surface area contributed by atoms with Crippen LogP contribution in [0.5, 0.6) is 0 Å². The topological polar surface area (TPSA) is 128 Å². The van der Waals surface area contributed by atoms with Gasteiger partial charge in [0.25, 0.3) is 0 Å². The van der Waals surface area contributed by atoms with Gasteiger partial charge in [0.2, 0.25) is 11.8 Å². The van der Waals surface area contributed by atoms with Gasteiger partial charge in [-0.05, 0) is 87.1 Å². The number of urea groups is 1. The van der Waals surface area contributed by atoms with Crippen LogP contribution in [0.15, 0.2) is 42.5 Å². The number of hydrogen-bond acceptors (Lipinski definition) is 5. The number of halogens is 1. The number of nitrogens with one attached hydrogen (secondary N) is 4. The van der Waals surface area contributed by atoms with Crippen molar-refractivity contribution in [1.82, 2.24) is 30.8 Å². The summed E-state index contributed by atoms with van der Waals surface area (Å²) in [5.74, 6) is 0.327. The molecule has 2 aliphatic heterocycles.